The molecule has 1 fully saturated rings. The normalized spacial score (nSPS) is 14.3. The molecule has 124 valence electrons. The molecular formula is C17H17N3O4. The monoisotopic (exact) mass is 327 g/mol. The van der Waals surface area contributed by atoms with Crippen molar-refractivity contribution in [3.05, 3.63) is 64.7 Å². The van der Waals surface area contributed by atoms with Crippen molar-refractivity contribution in [2.75, 3.05) is 31.1 Å². The van der Waals surface area contributed by atoms with Gasteiger partial charge in [-0.15, -0.1) is 0 Å². The summed E-state index contributed by atoms with van der Waals surface area (Å²) < 4.78 is 5.33. The van der Waals surface area contributed by atoms with E-state index in [-0.39, 0.29) is 11.8 Å². The molecule has 1 saturated heterocycles. The Balaban J connectivity index is 1.55. The fourth-order valence-corrected chi connectivity index (χ4v) is 2.59. The summed E-state index contributed by atoms with van der Waals surface area (Å²) in [4.78, 5) is 26.2. The SMILES string of the molecule is O=C(Oc1ccccc1)N1CCN(c2ccc([N+](=O)[O-])cc2)CC1. The lowest BCUT2D eigenvalue weighted by Gasteiger charge is -2.35. The highest BCUT2D eigenvalue weighted by Gasteiger charge is 2.23. The molecule has 1 amide bonds. The first kappa shape index (κ1) is 15.8. The van der Waals surface area contributed by atoms with E-state index in [0.717, 1.165) is 5.69 Å². The van der Waals surface area contributed by atoms with E-state index in [1.54, 1.807) is 29.2 Å². The van der Waals surface area contributed by atoms with Gasteiger partial charge in [0.2, 0.25) is 0 Å². The topological polar surface area (TPSA) is 75.9 Å². The molecule has 0 saturated carbocycles. The lowest BCUT2D eigenvalue weighted by Crippen LogP contribution is -2.49. The van der Waals surface area contributed by atoms with Crippen molar-refractivity contribution < 1.29 is 14.5 Å². The first-order valence-corrected chi connectivity index (χ1v) is 7.65. The summed E-state index contributed by atoms with van der Waals surface area (Å²) in [5, 5.41) is 10.7. The fraction of sp³-hybridized carbons (Fsp3) is 0.235. The van der Waals surface area contributed by atoms with Gasteiger partial charge in [-0.05, 0) is 24.3 Å². The maximum absolute atomic E-state index is 12.1. The number of rotatable bonds is 3. The Kier molecular flexibility index (Phi) is 4.60. The Bertz CT molecular complexity index is 710. The summed E-state index contributed by atoms with van der Waals surface area (Å²) in [6.07, 6.45) is -0.357. The molecule has 0 spiro atoms. The zero-order valence-electron chi connectivity index (χ0n) is 13.0. The number of non-ortho nitro benzene ring substituents is 1. The quantitative estimate of drug-likeness (QED) is 0.640. The largest absolute Gasteiger partial charge is 0.415 e. The van der Waals surface area contributed by atoms with E-state index in [4.69, 9.17) is 4.74 Å². The van der Waals surface area contributed by atoms with Gasteiger partial charge in [0.1, 0.15) is 5.75 Å². The number of benzene rings is 2. The average molecular weight is 327 g/mol. The van der Waals surface area contributed by atoms with Gasteiger partial charge in [0.05, 0.1) is 4.92 Å². The zero-order chi connectivity index (χ0) is 16.9. The minimum atomic E-state index is -0.415. The predicted molar refractivity (Wildman–Crippen MR) is 89.3 cm³/mol. The second-order valence-electron chi connectivity index (χ2n) is 5.43. The van der Waals surface area contributed by atoms with Gasteiger partial charge >= 0.3 is 6.09 Å². The Labute approximate surface area is 139 Å². The maximum Gasteiger partial charge on any atom is 0.415 e. The van der Waals surface area contributed by atoms with Crippen molar-refractivity contribution in [2.45, 2.75) is 0 Å². The summed E-state index contributed by atoms with van der Waals surface area (Å²) in [6.45, 7) is 2.40. The minimum Gasteiger partial charge on any atom is -0.410 e. The third-order valence-electron chi connectivity index (χ3n) is 3.91. The third kappa shape index (κ3) is 3.62. The van der Waals surface area contributed by atoms with Crippen LogP contribution in [0, 0.1) is 10.1 Å². The molecular weight excluding hydrogens is 310 g/mol. The number of nitrogens with zero attached hydrogens (tertiary/aromatic N) is 3. The number of ether oxygens (including phenoxy) is 1. The van der Waals surface area contributed by atoms with Gasteiger partial charge in [-0.3, -0.25) is 10.1 Å². The lowest BCUT2D eigenvalue weighted by atomic mass is 10.2. The molecule has 0 atom stereocenters. The summed E-state index contributed by atoms with van der Waals surface area (Å²) in [5.74, 6) is 0.528. The number of para-hydroxylation sites is 1. The highest BCUT2D eigenvalue weighted by Crippen LogP contribution is 2.21. The fourth-order valence-electron chi connectivity index (χ4n) is 2.59. The molecule has 3 rings (SSSR count). The summed E-state index contributed by atoms with van der Waals surface area (Å²) >= 11 is 0. The maximum atomic E-state index is 12.1. The number of carbonyl (C=O) groups is 1. The first-order chi connectivity index (χ1) is 11.6. The number of amides is 1. The first-order valence-electron chi connectivity index (χ1n) is 7.65. The van der Waals surface area contributed by atoms with E-state index in [1.165, 1.54) is 12.1 Å². The molecule has 0 aromatic heterocycles. The van der Waals surface area contributed by atoms with Crippen LogP contribution in [0.4, 0.5) is 16.2 Å². The molecule has 2 aromatic carbocycles. The van der Waals surface area contributed by atoms with Gasteiger partial charge in [-0.2, -0.15) is 0 Å². The summed E-state index contributed by atoms with van der Waals surface area (Å²) in [7, 11) is 0. The van der Waals surface area contributed by atoms with E-state index in [2.05, 4.69) is 4.90 Å². The van der Waals surface area contributed by atoms with E-state index in [1.807, 2.05) is 18.2 Å². The van der Waals surface area contributed by atoms with Gasteiger partial charge < -0.3 is 14.5 Å². The molecule has 7 heteroatoms. The van der Waals surface area contributed by atoms with Crippen molar-refractivity contribution in [2.24, 2.45) is 0 Å². The number of carbonyl (C=O) groups excluding carboxylic acids is 1. The van der Waals surface area contributed by atoms with Crippen LogP contribution in [0.1, 0.15) is 0 Å². The average Bonchev–Trinajstić information content (AvgIpc) is 2.63. The second-order valence-corrected chi connectivity index (χ2v) is 5.43. The third-order valence-corrected chi connectivity index (χ3v) is 3.91. The van der Waals surface area contributed by atoms with Crippen LogP contribution in [0.3, 0.4) is 0 Å². The van der Waals surface area contributed by atoms with Crippen molar-refractivity contribution in [3.63, 3.8) is 0 Å². The molecule has 24 heavy (non-hydrogen) atoms. The van der Waals surface area contributed by atoms with Crippen LogP contribution in [0.15, 0.2) is 54.6 Å². The van der Waals surface area contributed by atoms with Crippen molar-refractivity contribution in [3.8, 4) is 5.75 Å². The standard InChI is InChI=1S/C17H17N3O4/c21-17(24-16-4-2-1-3-5-16)19-12-10-18(11-13-19)14-6-8-15(9-7-14)20(22)23/h1-9H,10-13H2. The molecule has 0 aliphatic carbocycles. The minimum absolute atomic E-state index is 0.0730. The molecule has 2 aromatic rings. The molecule has 0 N–H and O–H groups in total. The van der Waals surface area contributed by atoms with Gasteiger partial charge in [-0.25, -0.2) is 4.79 Å². The zero-order valence-corrected chi connectivity index (χ0v) is 13.0. The highest BCUT2D eigenvalue weighted by molar-refractivity contribution is 5.71. The van der Waals surface area contributed by atoms with E-state index >= 15 is 0 Å². The molecule has 7 nitrogen and oxygen atoms in total. The van der Waals surface area contributed by atoms with Crippen molar-refractivity contribution in [1.82, 2.24) is 4.90 Å². The number of hydrogen-bond donors (Lipinski definition) is 0. The molecule has 0 radical (unpaired) electrons. The Hall–Kier alpha value is -3.09. The number of piperazine rings is 1. The van der Waals surface area contributed by atoms with Crippen LogP contribution in [-0.2, 0) is 0 Å². The molecule has 1 aliphatic heterocycles. The van der Waals surface area contributed by atoms with Crippen molar-refractivity contribution in [1.29, 1.82) is 0 Å². The molecule has 1 aliphatic rings. The predicted octanol–water partition coefficient (Wildman–Crippen LogP) is 2.92. The number of anilines is 1. The van der Waals surface area contributed by atoms with Crippen molar-refractivity contribution >= 4 is 17.5 Å². The Morgan fingerprint density at radius 1 is 0.958 bits per heavy atom. The van der Waals surface area contributed by atoms with Crippen LogP contribution in [0.25, 0.3) is 0 Å². The van der Waals surface area contributed by atoms with E-state index < -0.39 is 4.92 Å². The summed E-state index contributed by atoms with van der Waals surface area (Å²) in [6, 6.07) is 15.4. The van der Waals surface area contributed by atoms with Gasteiger partial charge in [-0.1, -0.05) is 18.2 Å². The summed E-state index contributed by atoms with van der Waals surface area (Å²) in [5.41, 5.74) is 0.987. The van der Waals surface area contributed by atoms with Gasteiger partial charge in [0.15, 0.2) is 0 Å². The van der Waals surface area contributed by atoms with Crippen LogP contribution in [0.5, 0.6) is 5.75 Å². The van der Waals surface area contributed by atoms with E-state index in [9.17, 15) is 14.9 Å². The number of nitro benzene ring substituents is 1. The lowest BCUT2D eigenvalue weighted by molar-refractivity contribution is -0.384. The smallest absolute Gasteiger partial charge is 0.410 e. The van der Waals surface area contributed by atoms with Crippen LogP contribution in [-0.4, -0.2) is 42.1 Å². The van der Waals surface area contributed by atoms with Gasteiger partial charge in [0, 0.05) is 44.0 Å². The highest BCUT2D eigenvalue weighted by atomic mass is 16.6. The van der Waals surface area contributed by atoms with Crippen LogP contribution in [0.2, 0.25) is 0 Å². The number of nitro groups is 1. The Morgan fingerprint density at radius 2 is 1.58 bits per heavy atom. The molecule has 1 heterocycles. The number of hydrogen-bond acceptors (Lipinski definition) is 5. The van der Waals surface area contributed by atoms with Gasteiger partial charge in [0.25, 0.3) is 5.69 Å². The second kappa shape index (κ2) is 6.99. The molecule has 0 bridgehead atoms. The van der Waals surface area contributed by atoms with Crippen LogP contribution < -0.4 is 9.64 Å². The van der Waals surface area contributed by atoms with E-state index in [0.29, 0.717) is 31.9 Å². The molecule has 0 unspecified atom stereocenters. The van der Waals surface area contributed by atoms with Crippen LogP contribution >= 0.6 is 0 Å². The Morgan fingerprint density at radius 3 is 2.17 bits per heavy atom.